The molecule has 0 rings (SSSR count). The van der Waals surface area contributed by atoms with Crippen LogP contribution >= 0.6 is 11.6 Å². The Morgan fingerprint density at radius 1 is 1.50 bits per heavy atom. The van der Waals surface area contributed by atoms with Gasteiger partial charge in [0, 0.05) is 12.3 Å². The second-order valence-corrected chi connectivity index (χ2v) is 3.24. The molecule has 1 unspecified atom stereocenters. The standard InChI is InChI=1S/C4H9ClO5S.Na.H/c5-3-1-2-4(6)10-11(7,8)9;;/h4,6H,1-3H2,(H,7,8,9);;. The molecule has 5 nitrogen and oxygen atoms in total. The van der Waals surface area contributed by atoms with Gasteiger partial charge in [-0.1, -0.05) is 0 Å². The first kappa shape index (κ1) is 15.6. The SMILES string of the molecule is O=S(=O)(O)OC(O)CCCCl.[NaH]. The third kappa shape index (κ3) is 11.1. The molecule has 0 heterocycles. The van der Waals surface area contributed by atoms with Crippen LogP contribution in [0.2, 0.25) is 0 Å². The molecule has 0 saturated carbocycles. The van der Waals surface area contributed by atoms with E-state index >= 15 is 0 Å². The molecule has 0 aromatic heterocycles. The Morgan fingerprint density at radius 3 is 2.33 bits per heavy atom. The molecule has 0 aliphatic carbocycles. The van der Waals surface area contributed by atoms with E-state index in [0.29, 0.717) is 12.3 Å². The second-order valence-electron chi connectivity index (χ2n) is 1.81. The Kier molecular flexibility index (Phi) is 9.76. The minimum atomic E-state index is -4.55. The summed E-state index contributed by atoms with van der Waals surface area (Å²) in [5.41, 5.74) is 0. The first-order chi connectivity index (χ1) is 4.95. The summed E-state index contributed by atoms with van der Waals surface area (Å²) in [7, 11) is -4.55. The number of alkyl halides is 1. The number of rotatable bonds is 5. The minimum absolute atomic E-state index is 0. The third-order valence-electron chi connectivity index (χ3n) is 0.817. The van der Waals surface area contributed by atoms with Crippen LogP contribution in [0, 0.1) is 0 Å². The van der Waals surface area contributed by atoms with Gasteiger partial charge in [0.25, 0.3) is 0 Å². The number of halogens is 1. The zero-order valence-electron chi connectivity index (χ0n) is 5.60. The first-order valence-corrected chi connectivity index (χ1v) is 4.75. The van der Waals surface area contributed by atoms with E-state index in [-0.39, 0.29) is 36.0 Å². The molecule has 8 heteroatoms. The van der Waals surface area contributed by atoms with Crippen LogP contribution in [-0.4, -0.2) is 59.8 Å². The van der Waals surface area contributed by atoms with Crippen molar-refractivity contribution in [2.45, 2.75) is 19.1 Å². The molecule has 1 atom stereocenters. The molecule has 0 spiro atoms. The van der Waals surface area contributed by atoms with Crippen LogP contribution in [0.15, 0.2) is 0 Å². The van der Waals surface area contributed by atoms with Crippen molar-refractivity contribution >= 4 is 51.6 Å². The van der Waals surface area contributed by atoms with Gasteiger partial charge in [0.1, 0.15) is 0 Å². The average molecular weight is 229 g/mol. The van der Waals surface area contributed by atoms with Crippen LogP contribution in [0.1, 0.15) is 12.8 Å². The van der Waals surface area contributed by atoms with Gasteiger partial charge < -0.3 is 5.11 Å². The maximum absolute atomic E-state index is 9.95. The van der Waals surface area contributed by atoms with E-state index in [1.807, 2.05) is 0 Å². The van der Waals surface area contributed by atoms with Crippen LogP contribution in [0.25, 0.3) is 0 Å². The fourth-order valence-corrected chi connectivity index (χ4v) is 0.972. The van der Waals surface area contributed by atoms with Crippen molar-refractivity contribution in [1.29, 1.82) is 0 Å². The maximum atomic E-state index is 9.95. The summed E-state index contributed by atoms with van der Waals surface area (Å²) in [6, 6.07) is 0. The van der Waals surface area contributed by atoms with Gasteiger partial charge >= 0.3 is 40.0 Å². The van der Waals surface area contributed by atoms with Crippen LogP contribution in [0.4, 0.5) is 0 Å². The van der Waals surface area contributed by atoms with Crippen molar-refractivity contribution < 1.29 is 22.3 Å². The molecular formula is C4H10ClNaO5S. The molecule has 0 saturated heterocycles. The monoisotopic (exact) mass is 228 g/mol. The van der Waals surface area contributed by atoms with Gasteiger partial charge in [0.15, 0.2) is 6.29 Å². The zero-order valence-corrected chi connectivity index (χ0v) is 7.18. The Balaban J connectivity index is 0. The Morgan fingerprint density at radius 2 is 2.00 bits per heavy atom. The Labute approximate surface area is 98.3 Å². The second kappa shape index (κ2) is 7.52. The zero-order chi connectivity index (χ0) is 8.91. The van der Waals surface area contributed by atoms with Crippen molar-refractivity contribution in [2.75, 3.05) is 5.88 Å². The van der Waals surface area contributed by atoms with E-state index in [0.717, 1.165) is 0 Å². The van der Waals surface area contributed by atoms with Gasteiger partial charge in [-0.2, -0.15) is 8.42 Å². The molecule has 0 aliphatic rings. The summed E-state index contributed by atoms with van der Waals surface area (Å²) < 4.78 is 31.7. The van der Waals surface area contributed by atoms with Gasteiger partial charge in [-0.25, -0.2) is 4.18 Å². The van der Waals surface area contributed by atoms with Gasteiger partial charge in [0.05, 0.1) is 0 Å². The van der Waals surface area contributed by atoms with Gasteiger partial charge in [-0.15, -0.1) is 11.6 Å². The molecular weight excluding hydrogens is 219 g/mol. The predicted octanol–water partition coefficient (Wildman–Crippen LogP) is -0.505. The fraction of sp³-hybridized carbons (Fsp3) is 1.00. The summed E-state index contributed by atoms with van der Waals surface area (Å²) in [4.78, 5) is 0. The summed E-state index contributed by atoms with van der Waals surface area (Å²) in [6.07, 6.45) is -1.02. The van der Waals surface area contributed by atoms with E-state index in [4.69, 9.17) is 21.3 Å². The summed E-state index contributed by atoms with van der Waals surface area (Å²) >= 11 is 5.24. The van der Waals surface area contributed by atoms with E-state index in [2.05, 4.69) is 4.18 Å². The molecule has 0 aromatic rings. The van der Waals surface area contributed by atoms with Crippen molar-refractivity contribution in [3.8, 4) is 0 Å². The van der Waals surface area contributed by atoms with Crippen LogP contribution < -0.4 is 0 Å². The first-order valence-electron chi connectivity index (χ1n) is 2.85. The Hall–Kier alpha value is 1.12. The quantitative estimate of drug-likeness (QED) is 0.287. The summed E-state index contributed by atoms with van der Waals surface area (Å²) in [5, 5.41) is 8.70. The van der Waals surface area contributed by atoms with E-state index in [9.17, 15) is 8.42 Å². The molecule has 0 aliphatic heterocycles. The van der Waals surface area contributed by atoms with E-state index < -0.39 is 16.7 Å². The van der Waals surface area contributed by atoms with Crippen molar-refractivity contribution in [3.05, 3.63) is 0 Å². The molecule has 0 aromatic carbocycles. The molecule has 70 valence electrons. The number of aliphatic hydroxyl groups is 1. The Bertz CT molecular complexity index is 194. The predicted molar refractivity (Wildman–Crippen MR) is 45.7 cm³/mol. The topological polar surface area (TPSA) is 83.8 Å². The molecule has 0 fully saturated rings. The normalized spacial score (nSPS) is 13.6. The van der Waals surface area contributed by atoms with Crippen LogP contribution in [-0.2, 0) is 14.6 Å². The van der Waals surface area contributed by atoms with E-state index in [1.165, 1.54) is 0 Å². The number of hydrogen-bond donors (Lipinski definition) is 2. The fourth-order valence-electron chi connectivity index (χ4n) is 0.440. The van der Waals surface area contributed by atoms with Gasteiger partial charge in [-0.05, 0) is 6.42 Å². The van der Waals surface area contributed by atoms with Gasteiger partial charge in [0.2, 0.25) is 0 Å². The summed E-state index contributed by atoms with van der Waals surface area (Å²) in [6.45, 7) is 0. The molecule has 0 amide bonds. The van der Waals surface area contributed by atoms with Gasteiger partial charge in [-0.3, -0.25) is 4.55 Å². The van der Waals surface area contributed by atoms with Crippen LogP contribution in [0.5, 0.6) is 0 Å². The van der Waals surface area contributed by atoms with Crippen molar-refractivity contribution in [3.63, 3.8) is 0 Å². The average Bonchev–Trinajstić information content (AvgIpc) is 1.79. The molecule has 2 N–H and O–H groups in total. The van der Waals surface area contributed by atoms with Crippen molar-refractivity contribution in [1.82, 2.24) is 0 Å². The molecule has 0 bridgehead atoms. The summed E-state index contributed by atoms with van der Waals surface area (Å²) in [5.74, 6) is 0.298. The third-order valence-corrected chi connectivity index (χ3v) is 1.55. The number of aliphatic hydroxyl groups excluding tert-OH is 1. The van der Waals surface area contributed by atoms with E-state index in [1.54, 1.807) is 0 Å². The molecule has 0 radical (unpaired) electrons. The molecule has 12 heavy (non-hydrogen) atoms. The van der Waals surface area contributed by atoms with Crippen molar-refractivity contribution in [2.24, 2.45) is 0 Å². The number of hydrogen-bond acceptors (Lipinski definition) is 4. The van der Waals surface area contributed by atoms with Crippen LogP contribution in [0.3, 0.4) is 0 Å².